The van der Waals surface area contributed by atoms with Crippen molar-refractivity contribution in [2.45, 2.75) is 55.4 Å². The van der Waals surface area contributed by atoms with Crippen molar-refractivity contribution >= 4 is 37.1 Å². The molecule has 0 heterocycles. The predicted octanol–water partition coefficient (Wildman–Crippen LogP) is 3.83. The summed E-state index contributed by atoms with van der Waals surface area (Å²) in [4.78, 5) is 22.8. The van der Waals surface area contributed by atoms with Gasteiger partial charge in [0.25, 0.3) is 0 Å². The molecule has 0 aromatic heterocycles. The zero-order chi connectivity index (χ0) is 21.0. The molecule has 0 saturated heterocycles. The van der Waals surface area contributed by atoms with Crippen LogP contribution in [-0.2, 0) is 61.2 Å². The molecule has 0 aliphatic heterocycles. The van der Waals surface area contributed by atoms with Crippen molar-refractivity contribution in [1.29, 1.82) is 0 Å². The second-order valence-electron chi connectivity index (χ2n) is 7.65. The Bertz CT molecular complexity index is 379. The summed E-state index contributed by atoms with van der Waals surface area (Å²) in [6.45, 7) is 10.9. The van der Waals surface area contributed by atoms with Crippen molar-refractivity contribution in [3.05, 3.63) is 0 Å². The monoisotopic (exact) mass is 514 g/mol. The molecule has 0 unspecified atom stereocenters. The van der Waals surface area contributed by atoms with Gasteiger partial charge in [0.05, 0.1) is 26.4 Å². The summed E-state index contributed by atoms with van der Waals surface area (Å²) in [5.74, 6) is 1.27. The third kappa shape index (κ3) is 27.7. The van der Waals surface area contributed by atoms with Gasteiger partial charge in [-0.2, -0.15) is 0 Å². The van der Waals surface area contributed by atoms with Crippen molar-refractivity contribution < 1.29 is 47.4 Å². The van der Waals surface area contributed by atoms with E-state index < -0.39 is 13.4 Å². The molecule has 0 radical (unpaired) electrons. The number of rotatable bonds is 12. The Morgan fingerprint density at radius 3 is 0.815 bits per heavy atom. The van der Waals surface area contributed by atoms with E-state index in [1.54, 1.807) is 0 Å². The fraction of sp³-hybridized carbons (Fsp3) is 1.00. The van der Waals surface area contributed by atoms with Gasteiger partial charge in [0.15, 0.2) is 0 Å². The van der Waals surface area contributed by atoms with Gasteiger partial charge in [-0.3, -0.25) is 0 Å². The van der Waals surface area contributed by atoms with Crippen LogP contribution < -0.4 is 9.79 Å². The minimum absolute atomic E-state index is 0. The summed E-state index contributed by atoms with van der Waals surface area (Å²) in [6.07, 6.45) is 0. The maximum atomic E-state index is 11.4. The Morgan fingerprint density at radius 2 is 0.704 bits per heavy atom. The van der Waals surface area contributed by atoms with Crippen LogP contribution >= 0.6 is 13.4 Å². The van der Waals surface area contributed by atoms with Crippen LogP contribution in [0.25, 0.3) is 0 Å². The first-order valence-corrected chi connectivity index (χ1v) is 14.0. The first kappa shape index (κ1) is 33.3. The normalized spacial score (nSPS) is 12.4. The van der Waals surface area contributed by atoms with Crippen molar-refractivity contribution in [2.24, 2.45) is 23.7 Å². The average molecular weight is 516 g/mol. The van der Waals surface area contributed by atoms with E-state index in [2.05, 4.69) is 0 Å². The summed E-state index contributed by atoms with van der Waals surface area (Å²) < 4.78 is 20.0. The van der Waals surface area contributed by atoms with Gasteiger partial charge in [-0.05, 0) is 23.7 Å². The van der Waals surface area contributed by atoms with Crippen LogP contribution in [0.3, 0.4) is 0 Å². The molecule has 0 aromatic rings. The zero-order valence-corrected chi connectivity index (χ0v) is 24.4. The van der Waals surface area contributed by atoms with Gasteiger partial charge in [0.2, 0.25) is 0 Å². The quantitative estimate of drug-likeness (QED) is 0.286. The third-order valence-corrected chi connectivity index (χ3v) is 5.39. The molecule has 0 fully saturated rings. The van der Waals surface area contributed by atoms with Crippen molar-refractivity contribution in [3.8, 4) is 0 Å². The van der Waals surface area contributed by atoms with Crippen molar-refractivity contribution in [2.75, 3.05) is 26.4 Å². The Balaban J connectivity index is -0.000000411. The maximum absolute atomic E-state index is 11.4. The van der Waals surface area contributed by atoms with Crippen LogP contribution in [0, 0.1) is 23.7 Å². The van der Waals surface area contributed by atoms with Crippen LogP contribution in [0.15, 0.2) is 0 Å². The molecular weight excluding hydrogens is 480 g/mol. The molecule has 0 rings (SSSR count). The summed E-state index contributed by atoms with van der Waals surface area (Å²) in [5, 5.41) is 0. The van der Waals surface area contributed by atoms with E-state index in [1.807, 2.05) is 55.4 Å². The molecule has 0 bridgehead atoms. The van der Waals surface area contributed by atoms with Gasteiger partial charge in [0, 0.05) is 0 Å². The molecule has 0 spiro atoms. The molecule has 27 heavy (non-hydrogen) atoms. The minimum atomic E-state index is -3.22. The van der Waals surface area contributed by atoms with Crippen LogP contribution in [0.1, 0.15) is 55.4 Å². The van der Waals surface area contributed by atoms with Crippen LogP contribution in [0.2, 0.25) is 0 Å². The van der Waals surface area contributed by atoms with Gasteiger partial charge in [-0.1, -0.05) is 79.0 Å². The standard InChI is InChI=1S/2C8H19O3PS.Zn/c2*1-7(2)5-10-12(9,13)11-6-8(3)4;/h2*7-8H,5-6H2,1-4H3,(H,9,13);/q;;+2/p-2. The van der Waals surface area contributed by atoms with E-state index >= 15 is 0 Å². The molecule has 0 atom stereocenters. The van der Waals surface area contributed by atoms with E-state index in [4.69, 9.17) is 41.7 Å². The molecule has 11 heteroatoms. The minimum Gasteiger partial charge on any atom is -0.780 e. The Hall–Kier alpha value is 1.68. The molecule has 0 saturated carbocycles. The Labute approximate surface area is 189 Å². The largest absolute Gasteiger partial charge is 2.00 e. The summed E-state index contributed by atoms with van der Waals surface area (Å²) in [6, 6.07) is 0. The molecule has 0 aromatic carbocycles. The van der Waals surface area contributed by atoms with Crippen LogP contribution in [0.5, 0.6) is 0 Å². The second-order valence-corrected chi connectivity index (χ2v) is 13.2. The average Bonchev–Trinajstić information content (AvgIpc) is 2.48. The van der Waals surface area contributed by atoms with E-state index in [-0.39, 0.29) is 19.5 Å². The number of hydrogen-bond donors (Lipinski definition) is 0. The molecule has 6 nitrogen and oxygen atoms in total. The molecule has 160 valence electrons. The smallest absolute Gasteiger partial charge is 0.780 e. The van der Waals surface area contributed by atoms with Gasteiger partial charge in [-0.15, -0.1) is 0 Å². The van der Waals surface area contributed by atoms with Gasteiger partial charge in [0.1, 0.15) is 13.4 Å². The fourth-order valence-corrected chi connectivity index (χ4v) is 3.84. The predicted molar refractivity (Wildman–Crippen MR) is 112 cm³/mol. The zero-order valence-electron chi connectivity index (χ0n) is 18.0. The second kappa shape index (κ2) is 17.4. The third-order valence-electron chi connectivity index (χ3n) is 2.26. The van der Waals surface area contributed by atoms with E-state index in [9.17, 15) is 9.79 Å². The van der Waals surface area contributed by atoms with Crippen molar-refractivity contribution in [3.63, 3.8) is 0 Å². The first-order chi connectivity index (χ1) is 11.7. The van der Waals surface area contributed by atoms with E-state index in [0.29, 0.717) is 50.1 Å². The van der Waals surface area contributed by atoms with E-state index in [1.165, 1.54) is 0 Å². The molecule has 0 aliphatic rings. The van der Waals surface area contributed by atoms with Crippen LogP contribution in [0.4, 0.5) is 0 Å². The molecule has 0 aliphatic carbocycles. The van der Waals surface area contributed by atoms with Gasteiger partial charge >= 0.3 is 19.5 Å². The summed E-state index contributed by atoms with van der Waals surface area (Å²) in [7, 11) is 0. The van der Waals surface area contributed by atoms with Gasteiger partial charge in [-0.25, -0.2) is 0 Å². The molecule has 0 N–H and O–H groups in total. The van der Waals surface area contributed by atoms with E-state index in [0.717, 1.165) is 0 Å². The van der Waals surface area contributed by atoms with Crippen LogP contribution in [-0.4, -0.2) is 26.4 Å². The van der Waals surface area contributed by atoms with Gasteiger partial charge < -0.3 is 27.9 Å². The fourth-order valence-electron chi connectivity index (χ4n) is 1.04. The Kier molecular flexibility index (Phi) is 21.4. The molecular formula is C16H36O6P2S2Zn. The maximum Gasteiger partial charge on any atom is 2.00 e. The molecule has 0 amide bonds. The Morgan fingerprint density at radius 1 is 0.556 bits per heavy atom. The van der Waals surface area contributed by atoms with Crippen molar-refractivity contribution in [1.82, 2.24) is 0 Å². The number of hydrogen-bond acceptors (Lipinski definition) is 8. The first-order valence-electron chi connectivity index (χ1n) is 8.87. The topological polar surface area (TPSA) is 83.0 Å². The summed E-state index contributed by atoms with van der Waals surface area (Å²) in [5.41, 5.74) is 0. The summed E-state index contributed by atoms with van der Waals surface area (Å²) >= 11 is 9.38. The SMILES string of the molecule is CC(C)COP([O-])(=S)OCC(C)C.CC(C)COP([O-])(=S)OCC(C)C.[Zn+2].